The summed E-state index contributed by atoms with van der Waals surface area (Å²) in [6.45, 7) is 1.99. The van der Waals surface area contributed by atoms with Crippen LogP contribution in [0.25, 0.3) is 0 Å². The van der Waals surface area contributed by atoms with Gasteiger partial charge in [-0.2, -0.15) is 11.3 Å². The fourth-order valence-electron chi connectivity index (χ4n) is 1.83. The molecule has 2 heterocycles. The Morgan fingerprint density at radius 3 is 3.12 bits per heavy atom. The van der Waals surface area contributed by atoms with Gasteiger partial charge in [0.15, 0.2) is 0 Å². The molecule has 1 aromatic rings. The van der Waals surface area contributed by atoms with Crippen LogP contribution in [-0.2, 0) is 11.2 Å². The molecule has 0 bridgehead atoms. The van der Waals surface area contributed by atoms with Crippen molar-refractivity contribution < 1.29 is 4.79 Å². The van der Waals surface area contributed by atoms with Crippen LogP contribution in [0.1, 0.15) is 18.4 Å². The van der Waals surface area contributed by atoms with Gasteiger partial charge in [-0.1, -0.05) is 0 Å². The lowest BCUT2D eigenvalue weighted by Crippen LogP contribution is -2.46. The lowest BCUT2D eigenvalue weighted by molar-refractivity contribution is -0.121. The quantitative estimate of drug-likeness (QED) is 0.867. The van der Waals surface area contributed by atoms with Crippen molar-refractivity contribution in [1.29, 1.82) is 0 Å². The molecule has 1 aromatic heterocycles. The average molecular weight is 261 g/mol. The summed E-state index contributed by atoms with van der Waals surface area (Å²) in [4.78, 5) is 11.6. The zero-order valence-electron chi connectivity index (χ0n) is 9.07. The van der Waals surface area contributed by atoms with E-state index >= 15 is 0 Å². The summed E-state index contributed by atoms with van der Waals surface area (Å²) in [7, 11) is 0. The predicted molar refractivity (Wildman–Crippen MR) is 69.3 cm³/mol. The minimum Gasteiger partial charge on any atom is -0.352 e. The van der Waals surface area contributed by atoms with Crippen molar-refractivity contribution in [3.05, 3.63) is 22.4 Å². The van der Waals surface area contributed by atoms with Gasteiger partial charge in [-0.3, -0.25) is 4.79 Å². The normalized spacial score (nSPS) is 19.9. The second-order valence-electron chi connectivity index (χ2n) is 3.92. The molecule has 0 aromatic carbocycles. The number of amides is 1. The lowest BCUT2D eigenvalue weighted by Gasteiger charge is -2.23. The third kappa shape index (κ3) is 4.12. The van der Waals surface area contributed by atoms with E-state index in [2.05, 4.69) is 10.6 Å². The molecule has 1 amide bonds. The molecule has 3 nitrogen and oxygen atoms in total. The van der Waals surface area contributed by atoms with E-state index < -0.39 is 0 Å². The smallest absolute Gasteiger partial charge is 0.224 e. The maximum absolute atomic E-state index is 11.6. The lowest BCUT2D eigenvalue weighted by atomic mass is 10.1. The number of rotatable bonds is 3. The number of carbonyl (C=O) groups is 1. The average Bonchev–Trinajstić information content (AvgIpc) is 2.71. The van der Waals surface area contributed by atoms with Gasteiger partial charge in [-0.05, 0) is 41.8 Å². The first-order valence-corrected chi connectivity index (χ1v) is 6.30. The number of carbonyl (C=O) groups excluding carboxylic acids is 1. The fourth-order valence-corrected chi connectivity index (χ4v) is 2.50. The molecule has 0 unspecified atom stereocenters. The molecular weight excluding hydrogens is 244 g/mol. The summed E-state index contributed by atoms with van der Waals surface area (Å²) in [6.07, 6.45) is 2.77. The van der Waals surface area contributed by atoms with Gasteiger partial charge in [-0.15, -0.1) is 12.4 Å². The van der Waals surface area contributed by atoms with E-state index in [1.165, 1.54) is 0 Å². The highest BCUT2D eigenvalue weighted by atomic mass is 35.5. The number of hydrogen-bond donors (Lipinski definition) is 2. The van der Waals surface area contributed by atoms with Crippen LogP contribution in [0.4, 0.5) is 0 Å². The second-order valence-corrected chi connectivity index (χ2v) is 4.70. The van der Waals surface area contributed by atoms with Crippen molar-refractivity contribution in [2.45, 2.75) is 25.3 Å². The second kappa shape index (κ2) is 6.89. The highest BCUT2D eigenvalue weighted by Crippen LogP contribution is 2.07. The van der Waals surface area contributed by atoms with Gasteiger partial charge in [-0.25, -0.2) is 0 Å². The molecule has 1 fully saturated rings. The van der Waals surface area contributed by atoms with Crippen LogP contribution in [0, 0.1) is 0 Å². The van der Waals surface area contributed by atoms with E-state index in [1.807, 2.05) is 16.8 Å². The molecule has 0 spiro atoms. The first kappa shape index (κ1) is 13.5. The summed E-state index contributed by atoms with van der Waals surface area (Å²) >= 11 is 1.64. The predicted octanol–water partition coefficient (Wildman–Crippen LogP) is 1.58. The molecule has 16 heavy (non-hydrogen) atoms. The Morgan fingerprint density at radius 1 is 1.62 bits per heavy atom. The molecule has 5 heteroatoms. The maximum Gasteiger partial charge on any atom is 0.224 e. The van der Waals surface area contributed by atoms with Gasteiger partial charge in [0.1, 0.15) is 0 Å². The van der Waals surface area contributed by atoms with E-state index in [4.69, 9.17) is 0 Å². The van der Waals surface area contributed by atoms with E-state index in [0.717, 1.165) is 31.5 Å². The van der Waals surface area contributed by atoms with Gasteiger partial charge in [0.05, 0.1) is 6.42 Å². The van der Waals surface area contributed by atoms with E-state index in [1.54, 1.807) is 11.3 Å². The molecule has 2 N–H and O–H groups in total. The molecule has 2 rings (SSSR count). The van der Waals surface area contributed by atoms with Crippen molar-refractivity contribution in [2.75, 3.05) is 13.1 Å². The van der Waals surface area contributed by atoms with Gasteiger partial charge in [0.25, 0.3) is 0 Å². The molecule has 0 radical (unpaired) electrons. The van der Waals surface area contributed by atoms with Crippen molar-refractivity contribution in [1.82, 2.24) is 10.6 Å². The molecule has 1 aliphatic heterocycles. The number of halogens is 1. The Labute approximate surface area is 106 Å². The highest BCUT2D eigenvalue weighted by molar-refractivity contribution is 7.07. The van der Waals surface area contributed by atoms with Crippen molar-refractivity contribution in [3.8, 4) is 0 Å². The minimum absolute atomic E-state index is 0. The van der Waals surface area contributed by atoms with E-state index in [9.17, 15) is 4.79 Å². The number of nitrogens with one attached hydrogen (secondary N) is 2. The Balaban J connectivity index is 0.00000128. The van der Waals surface area contributed by atoms with Crippen LogP contribution < -0.4 is 10.6 Å². The Hall–Kier alpha value is -0.580. The molecule has 0 aliphatic carbocycles. The summed E-state index contributed by atoms with van der Waals surface area (Å²) in [5, 5.41) is 10.4. The largest absolute Gasteiger partial charge is 0.352 e. The minimum atomic E-state index is 0. The standard InChI is InChI=1S/C11H16N2OS.ClH/c14-11(6-9-3-5-15-8-9)13-10-2-1-4-12-7-10;/h3,5,8,10,12H,1-2,4,6-7H2,(H,13,14);1H/t10-;/m0./s1. The molecular formula is C11H17ClN2OS. The zero-order chi connectivity index (χ0) is 10.5. The molecule has 1 atom stereocenters. The summed E-state index contributed by atoms with van der Waals surface area (Å²) in [6, 6.07) is 2.33. The van der Waals surface area contributed by atoms with Gasteiger partial charge in [0, 0.05) is 12.6 Å². The van der Waals surface area contributed by atoms with Crippen LogP contribution in [0.3, 0.4) is 0 Å². The van der Waals surface area contributed by atoms with Crippen LogP contribution in [0.15, 0.2) is 16.8 Å². The molecule has 0 saturated carbocycles. The SMILES string of the molecule is Cl.O=C(Cc1ccsc1)N[C@H]1CCCNC1. The van der Waals surface area contributed by atoms with Crippen LogP contribution in [0.5, 0.6) is 0 Å². The first-order valence-electron chi connectivity index (χ1n) is 5.36. The highest BCUT2D eigenvalue weighted by Gasteiger charge is 2.15. The van der Waals surface area contributed by atoms with Crippen molar-refractivity contribution in [2.24, 2.45) is 0 Å². The summed E-state index contributed by atoms with van der Waals surface area (Å²) in [5.74, 6) is 0.141. The Kier molecular flexibility index (Phi) is 5.80. The zero-order valence-corrected chi connectivity index (χ0v) is 10.7. The molecule has 90 valence electrons. The van der Waals surface area contributed by atoms with Crippen molar-refractivity contribution >= 4 is 29.7 Å². The van der Waals surface area contributed by atoms with E-state index in [0.29, 0.717) is 12.5 Å². The third-order valence-corrected chi connectivity index (χ3v) is 3.34. The number of piperidine rings is 1. The number of hydrogen-bond acceptors (Lipinski definition) is 3. The summed E-state index contributed by atoms with van der Waals surface area (Å²) in [5.41, 5.74) is 1.11. The van der Waals surface area contributed by atoms with Crippen LogP contribution in [-0.4, -0.2) is 25.0 Å². The Bertz CT molecular complexity index is 310. The fraction of sp³-hybridized carbons (Fsp3) is 0.545. The Morgan fingerprint density at radius 2 is 2.50 bits per heavy atom. The topological polar surface area (TPSA) is 41.1 Å². The maximum atomic E-state index is 11.6. The molecule has 1 aliphatic rings. The van der Waals surface area contributed by atoms with Crippen LogP contribution in [0.2, 0.25) is 0 Å². The first-order chi connectivity index (χ1) is 7.34. The number of thiophene rings is 1. The summed E-state index contributed by atoms with van der Waals surface area (Å²) < 4.78 is 0. The monoisotopic (exact) mass is 260 g/mol. The van der Waals surface area contributed by atoms with Crippen molar-refractivity contribution in [3.63, 3.8) is 0 Å². The van der Waals surface area contributed by atoms with E-state index in [-0.39, 0.29) is 18.3 Å². The van der Waals surface area contributed by atoms with Gasteiger partial charge in [0.2, 0.25) is 5.91 Å². The third-order valence-electron chi connectivity index (χ3n) is 2.61. The van der Waals surface area contributed by atoms with Crippen LogP contribution >= 0.6 is 23.7 Å². The van der Waals surface area contributed by atoms with Gasteiger partial charge < -0.3 is 10.6 Å². The molecule has 1 saturated heterocycles. The van der Waals surface area contributed by atoms with Gasteiger partial charge >= 0.3 is 0 Å².